The van der Waals surface area contributed by atoms with Gasteiger partial charge in [0.15, 0.2) is 11.6 Å². The summed E-state index contributed by atoms with van der Waals surface area (Å²) in [6, 6.07) is 7.85. The maximum atomic E-state index is 9.10. The highest BCUT2D eigenvalue weighted by Gasteiger charge is 2.18. The zero-order valence-electron chi connectivity index (χ0n) is 10.9. The van der Waals surface area contributed by atoms with Crippen LogP contribution in [0.4, 0.5) is 11.6 Å². The summed E-state index contributed by atoms with van der Waals surface area (Å²) >= 11 is 0. The van der Waals surface area contributed by atoms with Gasteiger partial charge in [0.2, 0.25) is 0 Å². The highest BCUT2D eigenvalue weighted by molar-refractivity contribution is 5.98. The minimum Gasteiger partial charge on any atom is -0.352 e. The fraction of sp³-hybridized carbons (Fsp3) is 0.385. The molecule has 6 heteroatoms. The molecular formula is C13H17N5O. The molecule has 2 aromatic rings. The molecule has 1 aromatic carbocycles. The first-order valence-electron chi connectivity index (χ1n) is 6.38. The van der Waals surface area contributed by atoms with Gasteiger partial charge in [0.05, 0.1) is 0 Å². The molecule has 2 heterocycles. The minimum atomic E-state index is 0.397. The lowest BCUT2D eigenvalue weighted by molar-refractivity contribution is 0.312. The number of anilines is 2. The van der Waals surface area contributed by atoms with E-state index < -0.39 is 0 Å². The topological polar surface area (TPSA) is 64.5 Å². The monoisotopic (exact) mass is 259 g/mol. The van der Waals surface area contributed by atoms with Gasteiger partial charge in [-0.25, -0.2) is 0 Å². The van der Waals surface area contributed by atoms with Crippen LogP contribution in [0.15, 0.2) is 24.3 Å². The highest BCUT2D eigenvalue weighted by atomic mass is 16.5. The predicted octanol–water partition coefficient (Wildman–Crippen LogP) is 1.18. The maximum absolute atomic E-state index is 9.10. The van der Waals surface area contributed by atoms with Crippen molar-refractivity contribution >= 4 is 22.4 Å². The summed E-state index contributed by atoms with van der Waals surface area (Å²) in [5.41, 5.74) is 2.11. The van der Waals surface area contributed by atoms with Crippen LogP contribution in [0, 0.1) is 0 Å². The molecule has 2 N–H and O–H groups in total. The van der Waals surface area contributed by atoms with E-state index >= 15 is 0 Å². The predicted molar refractivity (Wildman–Crippen MR) is 74.7 cm³/mol. The number of fused-ring (bicyclic) bond motifs is 1. The number of benzene rings is 1. The van der Waals surface area contributed by atoms with Gasteiger partial charge >= 0.3 is 0 Å². The average molecular weight is 259 g/mol. The Morgan fingerprint density at radius 1 is 1.05 bits per heavy atom. The lowest BCUT2D eigenvalue weighted by Crippen LogP contribution is -2.45. The normalized spacial score (nSPS) is 16.8. The fourth-order valence-electron chi connectivity index (χ4n) is 2.42. The van der Waals surface area contributed by atoms with Gasteiger partial charge in [-0.05, 0) is 7.05 Å². The van der Waals surface area contributed by atoms with Gasteiger partial charge in [-0.15, -0.1) is 10.2 Å². The van der Waals surface area contributed by atoms with Crippen LogP contribution in [0.3, 0.4) is 0 Å². The number of aromatic nitrogens is 2. The number of hydrogen-bond donors (Lipinski definition) is 2. The standard InChI is InChI=1S/C13H17N5O/c1-17-6-8-18(9-7-17)13-11-5-3-2-4-10(11)12(16-19)14-15-13/h2-5,19H,6-9H2,1H3,(H,14,16). The smallest absolute Gasteiger partial charge is 0.180 e. The van der Waals surface area contributed by atoms with E-state index in [0.29, 0.717) is 5.82 Å². The molecule has 1 aliphatic rings. The molecule has 0 amide bonds. The van der Waals surface area contributed by atoms with E-state index in [-0.39, 0.29) is 0 Å². The molecule has 1 aromatic heterocycles. The fourth-order valence-corrected chi connectivity index (χ4v) is 2.42. The van der Waals surface area contributed by atoms with E-state index in [2.05, 4.69) is 32.5 Å². The van der Waals surface area contributed by atoms with Crippen LogP contribution in [-0.4, -0.2) is 53.5 Å². The van der Waals surface area contributed by atoms with Gasteiger partial charge in [-0.1, -0.05) is 24.3 Å². The average Bonchev–Trinajstić information content (AvgIpc) is 2.47. The molecule has 0 aliphatic carbocycles. The molecule has 1 saturated heterocycles. The molecule has 0 radical (unpaired) electrons. The first-order chi connectivity index (χ1) is 9.29. The van der Waals surface area contributed by atoms with E-state index in [0.717, 1.165) is 42.8 Å². The van der Waals surface area contributed by atoms with Crippen LogP contribution in [0.1, 0.15) is 0 Å². The third-order valence-corrected chi connectivity index (χ3v) is 3.58. The van der Waals surface area contributed by atoms with Crippen molar-refractivity contribution in [3.63, 3.8) is 0 Å². The van der Waals surface area contributed by atoms with Crippen molar-refractivity contribution in [2.75, 3.05) is 43.6 Å². The summed E-state index contributed by atoms with van der Waals surface area (Å²) in [7, 11) is 2.12. The molecule has 100 valence electrons. The number of likely N-dealkylation sites (N-methyl/N-ethyl adjacent to an activating group) is 1. The molecule has 19 heavy (non-hydrogen) atoms. The Morgan fingerprint density at radius 3 is 2.42 bits per heavy atom. The van der Waals surface area contributed by atoms with Crippen molar-refractivity contribution in [1.29, 1.82) is 0 Å². The second kappa shape index (κ2) is 4.99. The summed E-state index contributed by atoms with van der Waals surface area (Å²) in [4.78, 5) is 4.55. The second-order valence-corrected chi connectivity index (χ2v) is 4.82. The quantitative estimate of drug-likeness (QED) is 0.790. The number of hydrogen-bond acceptors (Lipinski definition) is 6. The molecule has 0 bridgehead atoms. The molecule has 3 rings (SSSR count). The van der Waals surface area contributed by atoms with Crippen molar-refractivity contribution in [2.45, 2.75) is 0 Å². The van der Waals surface area contributed by atoms with Crippen LogP contribution in [-0.2, 0) is 0 Å². The Balaban J connectivity index is 2.04. The van der Waals surface area contributed by atoms with Crippen LogP contribution in [0.5, 0.6) is 0 Å². The maximum Gasteiger partial charge on any atom is 0.180 e. The van der Waals surface area contributed by atoms with Crippen molar-refractivity contribution in [3.05, 3.63) is 24.3 Å². The third kappa shape index (κ3) is 2.20. The van der Waals surface area contributed by atoms with E-state index in [1.165, 1.54) is 0 Å². The van der Waals surface area contributed by atoms with E-state index in [4.69, 9.17) is 5.21 Å². The number of piperazine rings is 1. The summed E-state index contributed by atoms with van der Waals surface area (Å²) in [6.45, 7) is 3.94. The van der Waals surface area contributed by atoms with Crippen LogP contribution in [0.2, 0.25) is 0 Å². The van der Waals surface area contributed by atoms with Crippen LogP contribution in [0.25, 0.3) is 10.8 Å². The number of nitrogens with one attached hydrogen (secondary N) is 1. The largest absolute Gasteiger partial charge is 0.352 e. The molecule has 0 atom stereocenters. The zero-order chi connectivity index (χ0) is 13.2. The van der Waals surface area contributed by atoms with E-state index in [9.17, 15) is 0 Å². The van der Waals surface area contributed by atoms with Crippen molar-refractivity contribution in [3.8, 4) is 0 Å². The summed E-state index contributed by atoms with van der Waals surface area (Å²) in [5.74, 6) is 1.29. The van der Waals surface area contributed by atoms with Crippen molar-refractivity contribution in [2.24, 2.45) is 0 Å². The van der Waals surface area contributed by atoms with Gasteiger partial charge < -0.3 is 9.80 Å². The van der Waals surface area contributed by atoms with Crippen molar-refractivity contribution in [1.82, 2.24) is 15.1 Å². The van der Waals surface area contributed by atoms with Gasteiger partial charge in [0, 0.05) is 37.0 Å². The van der Waals surface area contributed by atoms with Gasteiger partial charge in [-0.2, -0.15) is 0 Å². The summed E-state index contributed by atoms with van der Waals surface area (Å²) in [6.07, 6.45) is 0. The second-order valence-electron chi connectivity index (χ2n) is 4.82. The number of rotatable bonds is 2. The molecule has 0 spiro atoms. The Morgan fingerprint density at radius 2 is 1.74 bits per heavy atom. The molecular weight excluding hydrogens is 242 g/mol. The number of nitrogens with zero attached hydrogens (tertiary/aromatic N) is 4. The van der Waals surface area contributed by atoms with Crippen molar-refractivity contribution < 1.29 is 5.21 Å². The van der Waals surface area contributed by atoms with Crippen LogP contribution < -0.4 is 10.4 Å². The van der Waals surface area contributed by atoms with Gasteiger partial charge in [0.25, 0.3) is 0 Å². The third-order valence-electron chi connectivity index (χ3n) is 3.58. The van der Waals surface area contributed by atoms with Gasteiger partial charge in [0.1, 0.15) is 0 Å². The highest BCUT2D eigenvalue weighted by Crippen LogP contribution is 2.28. The molecule has 1 aliphatic heterocycles. The Labute approximate surface area is 111 Å². The first kappa shape index (κ1) is 12.1. The molecule has 6 nitrogen and oxygen atoms in total. The minimum absolute atomic E-state index is 0.397. The molecule has 0 saturated carbocycles. The Bertz CT molecular complexity index is 580. The van der Waals surface area contributed by atoms with Crippen LogP contribution >= 0.6 is 0 Å². The molecule has 0 unspecified atom stereocenters. The summed E-state index contributed by atoms with van der Waals surface area (Å²) < 4.78 is 0. The van der Waals surface area contributed by atoms with E-state index in [1.54, 1.807) is 0 Å². The van der Waals surface area contributed by atoms with E-state index in [1.807, 2.05) is 24.3 Å². The lowest BCUT2D eigenvalue weighted by Gasteiger charge is -2.33. The Kier molecular flexibility index (Phi) is 3.18. The Hall–Kier alpha value is -1.92. The van der Waals surface area contributed by atoms with Gasteiger partial charge in [-0.3, -0.25) is 10.7 Å². The summed E-state index contributed by atoms with van der Waals surface area (Å²) in [5, 5.41) is 19.3. The zero-order valence-corrected chi connectivity index (χ0v) is 10.9. The first-order valence-corrected chi connectivity index (χ1v) is 6.38. The molecule has 1 fully saturated rings. The SMILES string of the molecule is CN1CCN(c2nnc(NO)c3ccccc23)CC1. The lowest BCUT2D eigenvalue weighted by atomic mass is 10.1.